The number of ether oxygens (including phenoxy) is 1. The molecule has 0 spiro atoms. The molecule has 1 unspecified atom stereocenters. The topological polar surface area (TPSA) is 87.8 Å². The van der Waals surface area contributed by atoms with Crippen molar-refractivity contribution < 1.29 is 9.26 Å². The normalized spacial score (nSPS) is 16.6. The lowest BCUT2D eigenvalue weighted by molar-refractivity contribution is 0.267. The van der Waals surface area contributed by atoms with Crippen LogP contribution in [0.1, 0.15) is 44.9 Å². The first-order valence-electron chi connectivity index (χ1n) is 11.4. The van der Waals surface area contributed by atoms with Gasteiger partial charge in [0.15, 0.2) is 5.96 Å². The van der Waals surface area contributed by atoms with E-state index in [0.29, 0.717) is 17.8 Å². The third kappa shape index (κ3) is 7.91. The van der Waals surface area contributed by atoms with Gasteiger partial charge in [-0.1, -0.05) is 18.5 Å². The van der Waals surface area contributed by atoms with Gasteiger partial charge >= 0.3 is 0 Å². The van der Waals surface area contributed by atoms with E-state index in [1.54, 1.807) is 7.11 Å². The molecule has 0 saturated carbocycles. The second-order valence-electron chi connectivity index (χ2n) is 7.86. The Bertz CT molecular complexity index is 811. The van der Waals surface area contributed by atoms with Crippen LogP contribution in [0.4, 0.5) is 0 Å². The van der Waals surface area contributed by atoms with E-state index in [0.717, 1.165) is 62.6 Å². The van der Waals surface area contributed by atoms with Crippen molar-refractivity contribution in [1.82, 2.24) is 25.7 Å². The average molecular weight is 556 g/mol. The Hall–Kier alpha value is -1.88. The molecule has 8 nitrogen and oxygen atoms in total. The highest BCUT2D eigenvalue weighted by atomic mass is 127. The summed E-state index contributed by atoms with van der Waals surface area (Å²) in [7, 11) is 3.48. The van der Waals surface area contributed by atoms with Crippen LogP contribution in [-0.2, 0) is 6.42 Å². The molecule has 0 amide bonds. The van der Waals surface area contributed by atoms with Crippen molar-refractivity contribution in [3.8, 4) is 17.1 Å². The first-order chi connectivity index (χ1) is 15.2. The van der Waals surface area contributed by atoms with Gasteiger partial charge in [0.25, 0.3) is 0 Å². The molecule has 1 fully saturated rings. The van der Waals surface area contributed by atoms with Gasteiger partial charge in [-0.15, -0.1) is 24.0 Å². The molecule has 1 aromatic heterocycles. The van der Waals surface area contributed by atoms with E-state index < -0.39 is 0 Å². The first kappa shape index (κ1) is 26.4. The molecule has 2 aromatic rings. The summed E-state index contributed by atoms with van der Waals surface area (Å²) < 4.78 is 10.6. The van der Waals surface area contributed by atoms with E-state index in [-0.39, 0.29) is 24.0 Å². The number of hydrogen-bond donors (Lipinski definition) is 2. The summed E-state index contributed by atoms with van der Waals surface area (Å²) in [5, 5.41) is 11.0. The van der Waals surface area contributed by atoms with E-state index >= 15 is 0 Å². The smallest absolute Gasteiger partial charge is 0.226 e. The summed E-state index contributed by atoms with van der Waals surface area (Å²) >= 11 is 0. The quantitative estimate of drug-likeness (QED) is 0.189. The fourth-order valence-electron chi connectivity index (χ4n) is 3.98. The maximum absolute atomic E-state index is 5.40. The zero-order chi connectivity index (χ0) is 21.9. The molecule has 32 heavy (non-hydrogen) atoms. The summed E-state index contributed by atoms with van der Waals surface area (Å²) in [6.07, 6.45) is 6.55. The van der Waals surface area contributed by atoms with E-state index in [2.05, 4.69) is 37.6 Å². The Balaban J connectivity index is 0.00000363. The number of aromatic nitrogens is 2. The van der Waals surface area contributed by atoms with Gasteiger partial charge in [0.2, 0.25) is 11.7 Å². The molecule has 0 aliphatic carbocycles. The van der Waals surface area contributed by atoms with Crippen LogP contribution in [0.3, 0.4) is 0 Å². The Labute approximate surface area is 208 Å². The molecule has 3 rings (SSSR count). The van der Waals surface area contributed by atoms with Gasteiger partial charge in [-0.2, -0.15) is 4.98 Å². The third-order valence-corrected chi connectivity index (χ3v) is 5.81. The van der Waals surface area contributed by atoms with Crippen molar-refractivity contribution >= 4 is 29.9 Å². The molecule has 178 valence electrons. The van der Waals surface area contributed by atoms with E-state index in [1.165, 1.54) is 19.4 Å². The minimum Gasteiger partial charge on any atom is -0.497 e. The van der Waals surface area contributed by atoms with Gasteiger partial charge in [-0.25, -0.2) is 0 Å². The number of rotatable bonds is 11. The molecule has 1 aromatic carbocycles. The van der Waals surface area contributed by atoms with Crippen LogP contribution < -0.4 is 15.4 Å². The highest BCUT2D eigenvalue weighted by Gasteiger charge is 2.22. The lowest BCUT2D eigenvalue weighted by Crippen LogP contribution is -2.45. The molecular weight excluding hydrogens is 519 g/mol. The van der Waals surface area contributed by atoms with Crippen molar-refractivity contribution in [2.45, 2.75) is 51.5 Å². The predicted octanol–water partition coefficient (Wildman–Crippen LogP) is 3.73. The van der Waals surface area contributed by atoms with Crippen LogP contribution in [0, 0.1) is 0 Å². The van der Waals surface area contributed by atoms with Gasteiger partial charge < -0.3 is 19.9 Å². The highest BCUT2D eigenvalue weighted by molar-refractivity contribution is 14.0. The SMILES string of the molecule is CCN1CCCC1CNC(=NC)NCCCCCc1nc(-c2ccc(OC)cc2)no1.I. The molecule has 1 aliphatic heterocycles. The molecule has 1 aliphatic rings. The number of aliphatic imine (C=N–C) groups is 1. The number of guanidine groups is 1. The molecule has 2 N–H and O–H groups in total. The Morgan fingerprint density at radius 1 is 1.22 bits per heavy atom. The Morgan fingerprint density at radius 3 is 2.75 bits per heavy atom. The summed E-state index contributed by atoms with van der Waals surface area (Å²) in [5.74, 6) is 3.02. The number of benzene rings is 1. The number of likely N-dealkylation sites (tertiary alicyclic amines) is 1. The lowest BCUT2D eigenvalue weighted by Gasteiger charge is -2.23. The Morgan fingerprint density at radius 2 is 2.03 bits per heavy atom. The molecular formula is C23H37IN6O2. The summed E-state index contributed by atoms with van der Waals surface area (Å²) in [6.45, 7) is 6.44. The van der Waals surface area contributed by atoms with E-state index in [9.17, 15) is 0 Å². The number of unbranched alkanes of at least 4 members (excludes halogenated alkanes) is 2. The molecule has 0 radical (unpaired) electrons. The van der Waals surface area contributed by atoms with E-state index in [1.807, 2.05) is 31.3 Å². The minimum atomic E-state index is 0. The number of halogens is 1. The second-order valence-corrected chi connectivity index (χ2v) is 7.86. The third-order valence-electron chi connectivity index (χ3n) is 5.81. The van der Waals surface area contributed by atoms with Crippen molar-refractivity contribution in [3.05, 3.63) is 30.2 Å². The number of nitrogens with one attached hydrogen (secondary N) is 2. The number of methoxy groups -OCH3 is 1. The van der Waals surface area contributed by atoms with Crippen molar-refractivity contribution in [3.63, 3.8) is 0 Å². The van der Waals surface area contributed by atoms with Crippen LogP contribution in [-0.4, -0.2) is 67.4 Å². The van der Waals surface area contributed by atoms with Crippen LogP contribution in [0.15, 0.2) is 33.8 Å². The molecule has 1 atom stereocenters. The summed E-state index contributed by atoms with van der Waals surface area (Å²) in [6, 6.07) is 8.29. The van der Waals surface area contributed by atoms with Crippen LogP contribution in [0.2, 0.25) is 0 Å². The first-order valence-corrected chi connectivity index (χ1v) is 11.4. The maximum Gasteiger partial charge on any atom is 0.226 e. The summed E-state index contributed by atoms with van der Waals surface area (Å²) in [5.41, 5.74) is 0.929. The molecule has 1 saturated heterocycles. The number of aryl methyl sites for hydroxylation is 1. The Kier molecular flexibility index (Phi) is 11.8. The molecule has 9 heteroatoms. The number of nitrogens with zero attached hydrogens (tertiary/aromatic N) is 4. The lowest BCUT2D eigenvalue weighted by atomic mass is 10.2. The van der Waals surface area contributed by atoms with Crippen molar-refractivity contribution in [2.24, 2.45) is 4.99 Å². The zero-order valence-electron chi connectivity index (χ0n) is 19.5. The predicted molar refractivity (Wildman–Crippen MR) is 139 cm³/mol. The molecule has 0 bridgehead atoms. The van der Waals surface area contributed by atoms with Gasteiger partial charge in [0, 0.05) is 38.2 Å². The van der Waals surface area contributed by atoms with Crippen LogP contribution in [0.5, 0.6) is 5.75 Å². The fraction of sp³-hybridized carbons (Fsp3) is 0.609. The maximum atomic E-state index is 5.40. The van der Waals surface area contributed by atoms with Crippen LogP contribution in [0.25, 0.3) is 11.4 Å². The minimum absolute atomic E-state index is 0. The molecule has 2 heterocycles. The van der Waals surface area contributed by atoms with Gasteiger partial charge in [0.1, 0.15) is 5.75 Å². The second kappa shape index (κ2) is 14.3. The van der Waals surface area contributed by atoms with Gasteiger partial charge in [0.05, 0.1) is 7.11 Å². The van der Waals surface area contributed by atoms with Gasteiger partial charge in [-0.05, 0) is 63.0 Å². The highest BCUT2D eigenvalue weighted by Crippen LogP contribution is 2.20. The zero-order valence-corrected chi connectivity index (χ0v) is 21.8. The monoisotopic (exact) mass is 556 g/mol. The van der Waals surface area contributed by atoms with Crippen molar-refractivity contribution in [1.29, 1.82) is 0 Å². The van der Waals surface area contributed by atoms with Gasteiger partial charge in [-0.3, -0.25) is 9.89 Å². The fourth-order valence-corrected chi connectivity index (χ4v) is 3.98. The standard InChI is InChI=1S/C23H36N6O2.HI/c1-4-29-16-8-9-19(29)17-26-23(24-2)25-15-7-5-6-10-21-27-22(28-31-21)18-11-13-20(30-3)14-12-18;/h11-14,19H,4-10,15-17H2,1-3H3,(H2,24,25,26);1H. The number of likely N-dealkylation sites (N-methyl/N-ethyl adjacent to an activating group) is 1. The van der Waals surface area contributed by atoms with E-state index in [4.69, 9.17) is 9.26 Å². The average Bonchev–Trinajstić information content (AvgIpc) is 3.47. The van der Waals surface area contributed by atoms with Crippen molar-refractivity contribution in [2.75, 3.05) is 40.3 Å². The largest absolute Gasteiger partial charge is 0.497 e. The van der Waals surface area contributed by atoms with Crippen LogP contribution >= 0.6 is 24.0 Å². The number of hydrogen-bond acceptors (Lipinski definition) is 6. The summed E-state index contributed by atoms with van der Waals surface area (Å²) in [4.78, 5) is 11.4.